The topological polar surface area (TPSA) is 72.8 Å². The molecule has 3 aromatic rings. The van der Waals surface area contributed by atoms with E-state index in [0.717, 1.165) is 11.3 Å². The third-order valence-electron chi connectivity index (χ3n) is 2.52. The number of nitrogens with zero attached hydrogens (tertiary/aromatic N) is 3. The van der Waals surface area contributed by atoms with Crippen molar-refractivity contribution in [2.75, 3.05) is 0 Å². The minimum Gasteiger partial charge on any atom is -0.256 e. The Morgan fingerprint density at radius 3 is 2.79 bits per heavy atom. The van der Waals surface area contributed by atoms with Crippen molar-refractivity contribution in [2.45, 2.75) is 9.24 Å². The average Bonchev–Trinajstić information content (AvgIpc) is 2.92. The van der Waals surface area contributed by atoms with Gasteiger partial charge < -0.3 is 0 Å². The molecule has 0 saturated heterocycles. The molecule has 0 radical (unpaired) electrons. The molecule has 1 aromatic carbocycles. The van der Waals surface area contributed by atoms with E-state index in [9.17, 15) is 8.42 Å². The van der Waals surface area contributed by atoms with Gasteiger partial charge in [0.1, 0.15) is 5.51 Å². The molecule has 5 nitrogen and oxygen atoms in total. The van der Waals surface area contributed by atoms with E-state index in [1.165, 1.54) is 17.8 Å². The first-order chi connectivity index (χ1) is 9.09. The van der Waals surface area contributed by atoms with E-state index in [2.05, 4.69) is 15.2 Å². The monoisotopic (exact) mass is 311 g/mol. The van der Waals surface area contributed by atoms with Gasteiger partial charge in [-0.1, -0.05) is 29.0 Å². The summed E-state index contributed by atoms with van der Waals surface area (Å²) >= 11 is 6.85. The van der Waals surface area contributed by atoms with Gasteiger partial charge in [0.2, 0.25) is 14.2 Å². The summed E-state index contributed by atoms with van der Waals surface area (Å²) in [6.07, 6.45) is 1.44. The third kappa shape index (κ3) is 2.09. The van der Waals surface area contributed by atoms with Gasteiger partial charge in [-0.2, -0.15) is 0 Å². The standard InChI is InChI=1S/C11H6ClN3O2S2/c12-7-1-2-8-9(5-7)13-4-3-10(8)19(16,17)11-15-14-6-18-11/h1-6H. The van der Waals surface area contributed by atoms with E-state index in [1.807, 2.05) is 0 Å². The molecular weight excluding hydrogens is 306 g/mol. The van der Waals surface area contributed by atoms with Crippen LogP contribution in [-0.4, -0.2) is 23.6 Å². The number of rotatable bonds is 2. The number of hydrogen-bond donors (Lipinski definition) is 0. The molecule has 3 rings (SSSR count). The number of sulfone groups is 1. The SMILES string of the molecule is O=S(=O)(c1nncs1)c1ccnc2cc(Cl)ccc12. The molecule has 0 bridgehead atoms. The van der Waals surface area contributed by atoms with E-state index in [1.54, 1.807) is 18.2 Å². The summed E-state index contributed by atoms with van der Waals surface area (Å²) in [5, 5.41) is 8.20. The molecule has 19 heavy (non-hydrogen) atoms. The van der Waals surface area contributed by atoms with Gasteiger partial charge in [0.05, 0.1) is 10.4 Å². The second kappa shape index (κ2) is 4.52. The fourth-order valence-electron chi connectivity index (χ4n) is 1.70. The Morgan fingerprint density at radius 1 is 1.21 bits per heavy atom. The molecule has 0 aliphatic carbocycles. The molecule has 0 saturated carbocycles. The van der Waals surface area contributed by atoms with Crippen LogP contribution in [-0.2, 0) is 9.84 Å². The van der Waals surface area contributed by atoms with E-state index in [4.69, 9.17) is 11.6 Å². The summed E-state index contributed by atoms with van der Waals surface area (Å²) < 4.78 is 24.8. The second-order valence-electron chi connectivity index (χ2n) is 3.68. The summed E-state index contributed by atoms with van der Waals surface area (Å²) in [5.74, 6) is 0. The first-order valence-corrected chi connectivity index (χ1v) is 7.88. The van der Waals surface area contributed by atoms with Gasteiger partial charge in [-0.15, -0.1) is 10.2 Å². The maximum Gasteiger partial charge on any atom is 0.237 e. The Hall–Kier alpha value is -1.57. The maximum atomic E-state index is 12.4. The van der Waals surface area contributed by atoms with Crippen molar-refractivity contribution in [1.82, 2.24) is 15.2 Å². The minimum absolute atomic E-state index is 0.0325. The van der Waals surface area contributed by atoms with Crippen molar-refractivity contribution in [1.29, 1.82) is 0 Å². The summed E-state index contributed by atoms with van der Waals surface area (Å²) in [7, 11) is -3.67. The molecule has 0 aliphatic rings. The van der Waals surface area contributed by atoms with E-state index in [0.29, 0.717) is 15.9 Å². The van der Waals surface area contributed by atoms with Crippen LogP contribution in [0.3, 0.4) is 0 Å². The Kier molecular flexibility index (Phi) is 2.96. The van der Waals surface area contributed by atoms with Crippen LogP contribution < -0.4 is 0 Å². The normalized spacial score (nSPS) is 11.8. The highest BCUT2D eigenvalue weighted by molar-refractivity contribution is 7.93. The van der Waals surface area contributed by atoms with Gasteiger partial charge >= 0.3 is 0 Å². The van der Waals surface area contributed by atoms with Crippen molar-refractivity contribution < 1.29 is 8.42 Å². The first-order valence-electron chi connectivity index (χ1n) is 5.14. The average molecular weight is 312 g/mol. The van der Waals surface area contributed by atoms with Crippen LogP contribution in [0.4, 0.5) is 0 Å². The van der Waals surface area contributed by atoms with E-state index >= 15 is 0 Å². The molecule has 0 N–H and O–H groups in total. The van der Waals surface area contributed by atoms with Gasteiger partial charge in [0.25, 0.3) is 0 Å². The van der Waals surface area contributed by atoms with Crippen LogP contribution >= 0.6 is 22.9 Å². The molecule has 8 heteroatoms. The number of halogens is 1. The van der Waals surface area contributed by atoms with Gasteiger partial charge in [-0.3, -0.25) is 4.98 Å². The molecular formula is C11H6ClN3O2S2. The molecule has 2 heterocycles. The van der Waals surface area contributed by atoms with Crippen LogP contribution in [0.5, 0.6) is 0 Å². The highest BCUT2D eigenvalue weighted by Gasteiger charge is 2.23. The van der Waals surface area contributed by atoms with Gasteiger partial charge in [-0.25, -0.2) is 8.42 Å². The lowest BCUT2D eigenvalue weighted by Crippen LogP contribution is -2.03. The molecule has 0 aliphatic heterocycles. The predicted octanol–water partition coefficient (Wildman–Crippen LogP) is 2.57. The summed E-state index contributed by atoms with van der Waals surface area (Å²) in [5.41, 5.74) is 1.91. The first kappa shape index (κ1) is 12.5. The molecule has 2 aromatic heterocycles. The van der Waals surface area contributed by atoms with Crippen molar-refractivity contribution in [3.05, 3.63) is 41.0 Å². The molecule has 96 valence electrons. The van der Waals surface area contributed by atoms with Crippen LogP contribution in [0.1, 0.15) is 0 Å². The Morgan fingerprint density at radius 2 is 2.05 bits per heavy atom. The molecule has 0 unspecified atom stereocenters. The smallest absolute Gasteiger partial charge is 0.237 e. The predicted molar refractivity (Wildman–Crippen MR) is 72.1 cm³/mol. The van der Waals surface area contributed by atoms with E-state index in [-0.39, 0.29) is 9.24 Å². The zero-order chi connectivity index (χ0) is 13.5. The molecule has 0 fully saturated rings. The lowest BCUT2D eigenvalue weighted by molar-refractivity contribution is 0.595. The third-order valence-corrected chi connectivity index (χ3v) is 5.67. The second-order valence-corrected chi connectivity index (χ2v) is 7.04. The van der Waals surface area contributed by atoms with Gasteiger partial charge in [-0.05, 0) is 18.2 Å². The van der Waals surface area contributed by atoms with Gasteiger partial charge in [0.15, 0.2) is 0 Å². The maximum absolute atomic E-state index is 12.4. The summed E-state index contributed by atoms with van der Waals surface area (Å²) in [4.78, 5) is 4.27. The quantitative estimate of drug-likeness (QED) is 0.727. The van der Waals surface area contributed by atoms with Crippen LogP contribution in [0, 0.1) is 0 Å². The Bertz CT molecular complexity index is 848. The van der Waals surface area contributed by atoms with Gasteiger partial charge in [0, 0.05) is 16.6 Å². The van der Waals surface area contributed by atoms with E-state index < -0.39 is 9.84 Å². The van der Waals surface area contributed by atoms with Crippen LogP contribution in [0.2, 0.25) is 5.02 Å². The van der Waals surface area contributed by atoms with Crippen molar-refractivity contribution in [2.24, 2.45) is 0 Å². The van der Waals surface area contributed by atoms with Crippen LogP contribution in [0.25, 0.3) is 10.9 Å². The lowest BCUT2D eigenvalue weighted by atomic mass is 10.2. The number of aromatic nitrogens is 3. The zero-order valence-electron chi connectivity index (χ0n) is 9.32. The number of pyridine rings is 1. The van der Waals surface area contributed by atoms with Crippen molar-refractivity contribution in [3.8, 4) is 0 Å². The summed E-state index contributed by atoms with van der Waals surface area (Å²) in [6, 6.07) is 6.34. The largest absolute Gasteiger partial charge is 0.256 e. The van der Waals surface area contributed by atoms with Crippen LogP contribution in [0.15, 0.2) is 45.2 Å². The number of hydrogen-bond acceptors (Lipinski definition) is 6. The number of fused-ring (bicyclic) bond motifs is 1. The molecule has 0 atom stereocenters. The molecule has 0 amide bonds. The summed E-state index contributed by atoms with van der Waals surface area (Å²) in [6.45, 7) is 0. The fraction of sp³-hybridized carbons (Fsp3) is 0. The highest BCUT2D eigenvalue weighted by atomic mass is 35.5. The highest BCUT2D eigenvalue weighted by Crippen LogP contribution is 2.28. The Labute approximate surface area is 117 Å². The lowest BCUT2D eigenvalue weighted by Gasteiger charge is -2.05. The fourth-order valence-corrected chi connectivity index (χ4v) is 4.10. The minimum atomic E-state index is -3.67. The number of benzene rings is 1. The molecule has 0 spiro atoms. The van der Waals surface area contributed by atoms with Crippen molar-refractivity contribution in [3.63, 3.8) is 0 Å². The zero-order valence-corrected chi connectivity index (χ0v) is 11.7. The van der Waals surface area contributed by atoms with Crippen molar-refractivity contribution >= 4 is 43.7 Å². The Balaban J connectivity index is 2.32.